The average Bonchev–Trinajstić information content (AvgIpc) is 3.31. The number of carbonyl (C=O) groups is 1. The summed E-state index contributed by atoms with van der Waals surface area (Å²) in [7, 11) is 0. The number of amides is 1. The van der Waals surface area contributed by atoms with E-state index >= 15 is 0 Å². The van der Waals surface area contributed by atoms with Crippen molar-refractivity contribution < 1.29 is 9.21 Å². The summed E-state index contributed by atoms with van der Waals surface area (Å²) in [6.45, 7) is 2.05. The Morgan fingerprint density at radius 3 is 2.64 bits per heavy atom. The molecule has 25 heavy (non-hydrogen) atoms. The van der Waals surface area contributed by atoms with E-state index in [4.69, 9.17) is 4.42 Å². The lowest BCUT2D eigenvalue weighted by Gasteiger charge is -2.22. The van der Waals surface area contributed by atoms with Crippen LogP contribution in [0.3, 0.4) is 0 Å². The number of nitrogens with zero attached hydrogens (tertiary/aromatic N) is 2. The number of carbonyl (C=O) groups excluding carboxylic acids is 1. The third-order valence-corrected chi connectivity index (χ3v) is 4.37. The number of rotatable bonds is 3. The van der Waals surface area contributed by atoms with Crippen LogP contribution in [0.15, 0.2) is 82.5 Å². The minimum Gasteiger partial charge on any atom is -0.463 e. The van der Waals surface area contributed by atoms with Crippen LogP contribution in [-0.4, -0.2) is 16.6 Å². The molecule has 0 saturated carbocycles. The van der Waals surface area contributed by atoms with Crippen LogP contribution in [0.4, 0.5) is 0 Å². The summed E-state index contributed by atoms with van der Waals surface area (Å²) in [5.41, 5.74) is 3.66. The van der Waals surface area contributed by atoms with Gasteiger partial charge < -0.3 is 4.42 Å². The van der Waals surface area contributed by atoms with Gasteiger partial charge in [-0.1, -0.05) is 48.0 Å². The molecule has 0 radical (unpaired) electrons. The van der Waals surface area contributed by atoms with Crippen molar-refractivity contribution in [1.29, 1.82) is 0 Å². The first kappa shape index (κ1) is 15.4. The van der Waals surface area contributed by atoms with Crippen molar-refractivity contribution in [1.82, 2.24) is 5.01 Å². The Morgan fingerprint density at radius 2 is 1.92 bits per heavy atom. The maximum absolute atomic E-state index is 13.0. The second kappa shape index (κ2) is 6.40. The molecule has 0 bridgehead atoms. The molecule has 1 aromatic heterocycles. The third-order valence-electron chi connectivity index (χ3n) is 4.37. The van der Waals surface area contributed by atoms with Gasteiger partial charge in [-0.3, -0.25) is 4.79 Å². The van der Waals surface area contributed by atoms with Crippen molar-refractivity contribution in [2.75, 3.05) is 0 Å². The maximum Gasteiger partial charge on any atom is 0.274 e. The number of hydrazone groups is 1. The Bertz CT molecular complexity index is 914. The molecule has 2 heterocycles. The second-order valence-electron chi connectivity index (χ2n) is 6.17. The Labute approximate surface area is 146 Å². The Morgan fingerprint density at radius 1 is 1.08 bits per heavy atom. The standard InChI is InChI=1S/C21H18N2O2/c1-15-7-5-10-17(13-15)19-14-18(20-11-6-12-25-20)22-23(19)21(24)16-8-3-2-4-9-16/h2-13,19H,14H2,1H3/t19-/m1/s1. The van der Waals surface area contributed by atoms with Crippen LogP contribution in [0.1, 0.15) is 39.7 Å². The van der Waals surface area contributed by atoms with Crippen LogP contribution in [0, 0.1) is 6.92 Å². The molecule has 0 fully saturated rings. The number of benzene rings is 2. The second-order valence-corrected chi connectivity index (χ2v) is 6.17. The van der Waals surface area contributed by atoms with Crippen LogP contribution in [0.5, 0.6) is 0 Å². The molecular weight excluding hydrogens is 312 g/mol. The predicted molar refractivity (Wildman–Crippen MR) is 96.4 cm³/mol. The van der Waals surface area contributed by atoms with E-state index in [-0.39, 0.29) is 11.9 Å². The van der Waals surface area contributed by atoms with E-state index in [9.17, 15) is 4.79 Å². The van der Waals surface area contributed by atoms with Gasteiger partial charge in [0.2, 0.25) is 0 Å². The van der Waals surface area contributed by atoms with E-state index in [1.165, 1.54) is 0 Å². The van der Waals surface area contributed by atoms with Crippen LogP contribution >= 0.6 is 0 Å². The predicted octanol–water partition coefficient (Wildman–Crippen LogP) is 4.58. The lowest BCUT2D eigenvalue weighted by molar-refractivity contribution is 0.0711. The molecule has 0 spiro atoms. The molecule has 0 saturated heterocycles. The zero-order valence-electron chi connectivity index (χ0n) is 13.9. The topological polar surface area (TPSA) is 45.8 Å². The van der Waals surface area contributed by atoms with Crippen molar-refractivity contribution in [3.8, 4) is 0 Å². The molecular formula is C21H18N2O2. The van der Waals surface area contributed by atoms with Gasteiger partial charge in [0, 0.05) is 12.0 Å². The molecule has 3 aromatic rings. The molecule has 2 aromatic carbocycles. The zero-order chi connectivity index (χ0) is 17.2. The molecule has 124 valence electrons. The Kier molecular flexibility index (Phi) is 3.94. The van der Waals surface area contributed by atoms with E-state index in [1.807, 2.05) is 54.6 Å². The smallest absolute Gasteiger partial charge is 0.274 e. The van der Waals surface area contributed by atoms with Crippen molar-refractivity contribution in [2.45, 2.75) is 19.4 Å². The van der Waals surface area contributed by atoms with Gasteiger partial charge >= 0.3 is 0 Å². The summed E-state index contributed by atoms with van der Waals surface area (Å²) in [6, 6.07) is 21.1. The molecule has 1 aliphatic heterocycles. The summed E-state index contributed by atoms with van der Waals surface area (Å²) >= 11 is 0. The van der Waals surface area contributed by atoms with Gasteiger partial charge in [-0.15, -0.1) is 0 Å². The van der Waals surface area contributed by atoms with Crippen LogP contribution in [0.2, 0.25) is 0 Å². The zero-order valence-corrected chi connectivity index (χ0v) is 13.9. The van der Waals surface area contributed by atoms with E-state index in [0.29, 0.717) is 17.7 Å². The fraction of sp³-hybridized carbons (Fsp3) is 0.143. The van der Waals surface area contributed by atoms with Crippen LogP contribution in [0.25, 0.3) is 0 Å². The molecule has 4 nitrogen and oxygen atoms in total. The summed E-state index contributed by atoms with van der Waals surface area (Å²) < 4.78 is 5.49. The number of aryl methyl sites for hydroxylation is 1. The van der Waals surface area contributed by atoms with Crippen molar-refractivity contribution >= 4 is 11.6 Å². The fourth-order valence-electron chi connectivity index (χ4n) is 3.14. The van der Waals surface area contributed by atoms with Crippen molar-refractivity contribution in [3.63, 3.8) is 0 Å². The SMILES string of the molecule is Cc1cccc([C@H]2CC(c3ccco3)=NN2C(=O)c2ccccc2)c1. The maximum atomic E-state index is 13.0. The number of furan rings is 1. The van der Waals surface area contributed by atoms with Crippen molar-refractivity contribution in [2.24, 2.45) is 5.10 Å². The molecule has 1 atom stereocenters. The summed E-state index contributed by atoms with van der Waals surface area (Å²) in [5, 5.41) is 6.19. The van der Waals surface area contributed by atoms with E-state index in [2.05, 4.69) is 24.2 Å². The molecule has 1 aliphatic rings. The first-order valence-electron chi connectivity index (χ1n) is 8.29. The first-order valence-corrected chi connectivity index (χ1v) is 8.29. The van der Waals surface area contributed by atoms with E-state index in [0.717, 1.165) is 16.8 Å². The Hall–Kier alpha value is -3.14. The summed E-state index contributed by atoms with van der Waals surface area (Å²) in [5.74, 6) is 0.606. The minimum atomic E-state index is -0.132. The van der Waals surface area contributed by atoms with Gasteiger partial charge in [0.15, 0.2) is 0 Å². The molecule has 0 N–H and O–H groups in total. The van der Waals surface area contributed by atoms with Gasteiger partial charge in [-0.05, 0) is 36.8 Å². The van der Waals surface area contributed by atoms with E-state index in [1.54, 1.807) is 11.3 Å². The lowest BCUT2D eigenvalue weighted by Crippen LogP contribution is -2.27. The summed E-state index contributed by atoms with van der Waals surface area (Å²) in [6.07, 6.45) is 2.26. The highest BCUT2D eigenvalue weighted by molar-refractivity contribution is 6.03. The van der Waals surface area contributed by atoms with E-state index < -0.39 is 0 Å². The summed E-state index contributed by atoms with van der Waals surface area (Å²) in [4.78, 5) is 13.0. The molecule has 0 aliphatic carbocycles. The lowest BCUT2D eigenvalue weighted by atomic mass is 9.99. The highest BCUT2D eigenvalue weighted by atomic mass is 16.3. The van der Waals surface area contributed by atoms with Gasteiger partial charge in [0.25, 0.3) is 5.91 Å². The molecule has 0 unspecified atom stereocenters. The highest BCUT2D eigenvalue weighted by Crippen LogP contribution is 2.34. The van der Waals surface area contributed by atoms with Crippen LogP contribution in [-0.2, 0) is 0 Å². The number of hydrogen-bond donors (Lipinski definition) is 0. The molecule has 1 amide bonds. The first-order chi connectivity index (χ1) is 12.2. The third kappa shape index (κ3) is 2.98. The monoisotopic (exact) mass is 330 g/mol. The van der Waals surface area contributed by atoms with Gasteiger partial charge in [0.1, 0.15) is 11.5 Å². The largest absolute Gasteiger partial charge is 0.463 e. The minimum absolute atomic E-state index is 0.103. The molecule has 4 heteroatoms. The van der Waals surface area contributed by atoms with Crippen molar-refractivity contribution in [3.05, 3.63) is 95.4 Å². The van der Waals surface area contributed by atoms with Crippen LogP contribution < -0.4 is 0 Å². The Balaban J connectivity index is 1.74. The average molecular weight is 330 g/mol. The fourth-order valence-corrected chi connectivity index (χ4v) is 3.14. The highest BCUT2D eigenvalue weighted by Gasteiger charge is 2.34. The molecule has 4 rings (SSSR count). The van der Waals surface area contributed by atoms with Gasteiger partial charge in [-0.25, -0.2) is 5.01 Å². The quantitative estimate of drug-likeness (QED) is 0.705. The normalized spacial score (nSPS) is 16.8. The van der Waals surface area contributed by atoms with Gasteiger partial charge in [-0.2, -0.15) is 5.10 Å². The van der Waals surface area contributed by atoms with Gasteiger partial charge in [0.05, 0.1) is 12.3 Å². The number of hydrogen-bond acceptors (Lipinski definition) is 3.